The van der Waals surface area contributed by atoms with Crippen molar-refractivity contribution in [2.24, 2.45) is 0 Å². The quantitative estimate of drug-likeness (QED) is 0.862. The number of hydrogen-bond donors (Lipinski definition) is 1. The van der Waals surface area contributed by atoms with Gasteiger partial charge in [0.2, 0.25) is 0 Å². The zero-order chi connectivity index (χ0) is 15.7. The number of ether oxygens (including phenoxy) is 1. The van der Waals surface area contributed by atoms with Crippen LogP contribution in [0.1, 0.15) is 21.1 Å². The lowest BCUT2D eigenvalue weighted by atomic mass is 10.1. The van der Waals surface area contributed by atoms with E-state index in [9.17, 15) is 9.59 Å². The van der Waals surface area contributed by atoms with Crippen LogP contribution in [0.3, 0.4) is 0 Å². The number of aliphatic hydroxyl groups excluding tert-OH is 1. The van der Waals surface area contributed by atoms with Crippen LogP contribution in [0.4, 0.5) is 5.69 Å². The molecule has 7 heteroatoms. The standard InChI is InChI=1S/C15H14N2O4S/c1-17-11-4-9(2-3-13(11)21-7-15(17)20)12(19)5-14-16-10(6-18)8-22-14/h2-4,8,18H,5-7H2,1H3. The second-order valence-corrected chi connectivity index (χ2v) is 5.86. The van der Waals surface area contributed by atoms with Crippen LogP contribution in [0.2, 0.25) is 0 Å². The number of Topliss-reactive ketones (excluding diaryl/α,β-unsaturated/α-hetero) is 1. The third-order valence-corrected chi connectivity index (χ3v) is 4.34. The predicted octanol–water partition coefficient (Wildman–Crippen LogP) is 1.42. The number of hydrogen-bond acceptors (Lipinski definition) is 6. The van der Waals surface area contributed by atoms with Crippen molar-refractivity contribution in [3.8, 4) is 5.75 Å². The average molecular weight is 318 g/mol. The first-order valence-electron chi connectivity index (χ1n) is 6.69. The molecule has 1 aromatic carbocycles. The summed E-state index contributed by atoms with van der Waals surface area (Å²) in [6.45, 7) is -0.117. The normalized spacial score (nSPS) is 13.7. The van der Waals surface area contributed by atoms with Crippen molar-refractivity contribution < 1.29 is 19.4 Å². The maximum atomic E-state index is 12.3. The number of nitrogens with zero attached hydrogens (tertiary/aromatic N) is 2. The number of carbonyl (C=O) groups excluding carboxylic acids is 2. The zero-order valence-electron chi connectivity index (χ0n) is 11.9. The van der Waals surface area contributed by atoms with Gasteiger partial charge in [-0.3, -0.25) is 9.59 Å². The monoisotopic (exact) mass is 318 g/mol. The average Bonchev–Trinajstić information content (AvgIpc) is 2.98. The highest BCUT2D eigenvalue weighted by molar-refractivity contribution is 7.09. The van der Waals surface area contributed by atoms with Crippen molar-refractivity contribution >= 4 is 28.7 Å². The van der Waals surface area contributed by atoms with Gasteiger partial charge in [-0.2, -0.15) is 0 Å². The Labute approximate surface area is 131 Å². The Bertz CT molecular complexity index is 741. The van der Waals surface area contributed by atoms with Gasteiger partial charge in [0.25, 0.3) is 5.91 Å². The van der Waals surface area contributed by atoms with Gasteiger partial charge >= 0.3 is 0 Å². The summed E-state index contributed by atoms with van der Waals surface area (Å²) in [6, 6.07) is 5.05. The summed E-state index contributed by atoms with van der Waals surface area (Å²) in [4.78, 5) is 29.7. The molecule has 1 aliphatic heterocycles. The van der Waals surface area contributed by atoms with E-state index in [2.05, 4.69) is 4.98 Å². The smallest absolute Gasteiger partial charge is 0.264 e. The van der Waals surface area contributed by atoms with E-state index in [4.69, 9.17) is 9.84 Å². The van der Waals surface area contributed by atoms with Gasteiger partial charge in [-0.25, -0.2) is 4.98 Å². The van der Waals surface area contributed by atoms with Crippen LogP contribution in [0, 0.1) is 0 Å². The van der Waals surface area contributed by atoms with Crippen molar-refractivity contribution in [1.82, 2.24) is 4.98 Å². The Morgan fingerprint density at radius 2 is 2.32 bits per heavy atom. The van der Waals surface area contributed by atoms with Crippen molar-refractivity contribution in [3.05, 3.63) is 39.8 Å². The highest BCUT2D eigenvalue weighted by Gasteiger charge is 2.23. The number of aliphatic hydroxyl groups is 1. The predicted molar refractivity (Wildman–Crippen MR) is 81.4 cm³/mol. The summed E-state index contributed by atoms with van der Waals surface area (Å²) in [7, 11) is 1.66. The minimum Gasteiger partial charge on any atom is -0.482 e. The van der Waals surface area contributed by atoms with E-state index in [1.807, 2.05) is 0 Å². The Balaban J connectivity index is 1.82. The molecule has 6 nitrogen and oxygen atoms in total. The Hall–Kier alpha value is -2.25. The first-order chi connectivity index (χ1) is 10.6. The lowest BCUT2D eigenvalue weighted by Crippen LogP contribution is -2.35. The number of thiazole rings is 1. The van der Waals surface area contributed by atoms with Gasteiger partial charge in [0.05, 0.1) is 24.4 Å². The van der Waals surface area contributed by atoms with E-state index in [0.29, 0.717) is 27.7 Å². The molecule has 1 N–H and O–H groups in total. The molecule has 0 bridgehead atoms. The molecular weight excluding hydrogens is 304 g/mol. The van der Waals surface area contributed by atoms with Crippen LogP contribution in [-0.4, -0.2) is 35.4 Å². The Kier molecular flexibility index (Phi) is 3.91. The number of carbonyl (C=O) groups is 2. The van der Waals surface area contributed by atoms with Gasteiger partial charge < -0.3 is 14.7 Å². The highest BCUT2D eigenvalue weighted by Crippen LogP contribution is 2.32. The molecule has 0 atom stereocenters. The first kappa shape index (κ1) is 14.7. The van der Waals surface area contributed by atoms with Crippen LogP contribution in [-0.2, 0) is 17.8 Å². The van der Waals surface area contributed by atoms with Gasteiger partial charge in [0, 0.05) is 18.0 Å². The van der Waals surface area contributed by atoms with E-state index in [-0.39, 0.29) is 31.3 Å². The molecule has 0 aliphatic carbocycles. The van der Waals surface area contributed by atoms with E-state index in [0.717, 1.165) is 0 Å². The number of aromatic nitrogens is 1. The summed E-state index contributed by atoms with van der Waals surface area (Å²) in [5.41, 5.74) is 1.67. The zero-order valence-corrected chi connectivity index (χ0v) is 12.7. The summed E-state index contributed by atoms with van der Waals surface area (Å²) in [5, 5.41) is 11.4. The topological polar surface area (TPSA) is 79.7 Å². The lowest BCUT2D eigenvalue weighted by molar-refractivity contribution is -0.120. The second kappa shape index (κ2) is 5.86. The third-order valence-electron chi connectivity index (χ3n) is 3.44. The van der Waals surface area contributed by atoms with Crippen LogP contribution >= 0.6 is 11.3 Å². The molecule has 0 saturated heterocycles. The highest BCUT2D eigenvalue weighted by atomic mass is 32.1. The van der Waals surface area contributed by atoms with Crippen LogP contribution < -0.4 is 9.64 Å². The van der Waals surface area contributed by atoms with Crippen LogP contribution in [0.5, 0.6) is 5.75 Å². The SMILES string of the molecule is CN1C(=O)COc2ccc(C(=O)Cc3nc(CO)cs3)cc21. The van der Waals surface area contributed by atoms with Crippen molar-refractivity contribution in [2.75, 3.05) is 18.6 Å². The molecule has 0 fully saturated rings. The minimum atomic E-state index is -0.149. The number of anilines is 1. The summed E-state index contributed by atoms with van der Waals surface area (Å²) < 4.78 is 5.34. The van der Waals surface area contributed by atoms with E-state index >= 15 is 0 Å². The fourth-order valence-corrected chi connectivity index (χ4v) is 2.97. The van der Waals surface area contributed by atoms with E-state index < -0.39 is 0 Å². The Morgan fingerprint density at radius 3 is 3.05 bits per heavy atom. The largest absolute Gasteiger partial charge is 0.482 e. The number of benzene rings is 1. The summed E-state index contributed by atoms with van der Waals surface area (Å²) >= 11 is 1.35. The molecule has 2 heterocycles. The molecular formula is C15H14N2O4S. The number of ketones is 1. The maximum Gasteiger partial charge on any atom is 0.264 e. The maximum absolute atomic E-state index is 12.3. The fraction of sp³-hybridized carbons (Fsp3) is 0.267. The fourth-order valence-electron chi connectivity index (χ4n) is 2.19. The van der Waals surface area contributed by atoms with Gasteiger partial charge in [-0.15, -0.1) is 11.3 Å². The molecule has 2 aromatic rings. The van der Waals surface area contributed by atoms with Crippen molar-refractivity contribution in [1.29, 1.82) is 0 Å². The molecule has 22 heavy (non-hydrogen) atoms. The number of rotatable bonds is 4. The lowest BCUT2D eigenvalue weighted by Gasteiger charge is -2.26. The van der Waals surface area contributed by atoms with Gasteiger partial charge in [0.1, 0.15) is 10.8 Å². The molecule has 1 aromatic heterocycles. The van der Waals surface area contributed by atoms with Crippen LogP contribution in [0.25, 0.3) is 0 Å². The van der Waals surface area contributed by atoms with Crippen LogP contribution in [0.15, 0.2) is 23.6 Å². The minimum absolute atomic E-state index is 0.0137. The van der Waals surface area contributed by atoms with Crippen molar-refractivity contribution in [3.63, 3.8) is 0 Å². The molecule has 0 spiro atoms. The molecule has 114 valence electrons. The van der Waals surface area contributed by atoms with Gasteiger partial charge in [-0.05, 0) is 18.2 Å². The first-order valence-corrected chi connectivity index (χ1v) is 7.57. The number of likely N-dealkylation sites (N-methyl/N-ethyl adjacent to an activating group) is 1. The number of amides is 1. The molecule has 3 rings (SSSR count). The van der Waals surface area contributed by atoms with Gasteiger partial charge in [-0.1, -0.05) is 0 Å². The molecule has 0 radical (unpaired) electrons. The van der Waals surface area contributed by atoms with Gasteiger partial charge in [0.15, 0.2) is 12.4 Å². The molecule has 0 saturated carbocycles. The number of fused-ring (bicyclic) bond motifs is 1. The molecule has 0 unspecified atom stereocenters. The third kappa shape index (κ3) is 2.72. The summed E-state index contributed by atoms with van der Waals surface area (Å²) in [6.07, 6.45) is 0.169. The second-order valence-electron chi connectivity index (χ2n) is 4.91. The molecule has 1 aliphatic rings. The van der Waals surface area contributed by atoms with E-state index in [1.165, 1.54) is 16.2 Å². The Morgan fingerprint density at radius 1 is 1.50 bits per heavy atom. The van der Waals surface area contributed by atoms with E-state index in [1.54, 1.807) is 30.6 Å². The summed E-state index contributed by atoms with van der Waals surface area (Å²) in [5.74, 6) is 0.355. The van der Waals surface area contributed by atoms with Crippen molar-refractivity contribution in [2.45, 2.75) is 13.0 Å². The molecule has 1 amide bonds.